The molecule has 2 saturated carbocycles. The van der Waals surface area contributed by atoms with Crippen LogP contribution in [0.2, 0.25) is 5.02 Å². The van der Waals surface area contributed by atoms with Crippen LogP contribution in [0.4, 0.5) is 14.5 Å². The molecule has 2 fully saturated rings. The van der Waals surface area contributed by atoms with Crippen LogP contribution >= 0.6 is 22.9 Å². The number of rotatable bonds is 9. The number of halogens is 3. The summed E-state index contributed by atoms with van der Waals surface area (Å²) < 4.78 is 26.6. The first-order valence-corrected chi connectivity index (χ1v) is 12.8. The lowest BCUT2D eigenvalue weighted by Gasteiger charge is -2.21. The highest BCUT2D eigenvalue weighted by Gasteiger charge is 2.58. The van der Waals surface area contributed by atoms with Gasteiger partial charge in [0.1, 0.15) is 6.04 Å². The van der Waals surface area contributed by atoms with Gasteiger partial charge < -0.3 is 16.0 Å². The maximum Gasteiger partial charge on any atom is 0.270 e. The number of alkyl halides is 2. The van der Waals surface area contributed by atoms with Gasteiger partial charge in [0.15, 0.2) is 0 Å². The van der Waals surface area contributed by atoms with Crippen LogP contribution < -0.4 is 16.0 Å². The highest BCUT2D eigenvalue weighted by Crippen LogP contribution is 2.41. The number of amides is 2. The van der Waals surface area contributed by atoms with Gasteiger partial charge in [0.25, 0.3) is 11.8 Å². The van der Waals surface area contributed by atoms with E-state index in [1.54, 1.807) is 18.3 Å². The minimum atomic E-state index is -2.85. The van der Waals surface area contributed by atoms with Crippen molar-refractivity contribution in [2.45, 2.75) is 76.4 Å². The largest absolute Gasteiger partial charge is 0.376 e. The van der Waals surface area contributed by atoms with Gasteiger partial charge >= 0.3 is 0 Å². The number of hydrogen-bond donors (Lipinski definition) is 3. The van der Waals surface area contributed by atoms with E-state index in [0.29, 0.717) is 22.2 Å². The third kappa shape index (κ3) is 6.05. The van der Waals surface area contributed by atoms with Crippen molar-refractivity contribution in [2.75, 3.05) is 5.32 Å². The smallest absolute Gasteiger partial charge is 0.270 e. The summed E-state index contributed by atoms with van der Waals surface area (Å²) in [5, 5.41) is 9.10. The number of hydrogen-bond acceptors (Lipinski definition) is 5. The number of anilines is 1. The van der Waals surface area contributed by atoms with Gasteiger partial charge in [-0.15, -0.1) is 11.3 Å². The number of pyridine rings is 1. The summed E-state index contributed by atoms with van der Waals surface area (Å²) in [4.78, 5) is 31.3. The van der Waals surface area contributed by atoms with E-state index in [1.807, 2.05) is 19.9 Å². The summed E-state index contributed by atoms with van der Waals surface area (Å²) in [5.74, 6) is -3.43. The number of aryl methyl sites for hydroxylation is 1. The molecule has 0 spiro atoms. The zero-order valence-electron chi connectivity index (χ0n) is 19.2. The van der Waals surface area contributed by atoms with Crippen molar-refractivity contribution in [1.29, 1.82) is 0 Å². The fourth-order valence-electron chi connectivity index (χ4n) is 4.35. The summed E-state index contributed by atoms with van der Waals surface area (Å²) >= 11 is 7.37. The Morgan fingerprint density at radius 2 is 2.00 bits per heavy atom. The quantitative estimate of drug-likeness (QED) is 0.417. The number of carbonyl (C=O) groups is 2. The molecule has 6 nitrogen and oxygen atoms in total. The predicted molar refractivity (Wildman–Crippen MR) is 130 cm³/mol. The van der Waals surface area contributed by atoms with Crippen molar-refractivity contribution in [2.24, 2.45) is 5.92 Å². The summed E-state index contributed by atoms with van der Waals surface area (Å²) in [6, 6.07) is 3.33. The molecule has 184 valence electrons. The number of thiophene rings is 1. The van der Waals surface area contributed by atoms with Gasteiger partial charge in [0.2, 0.25) is 5.91 Å². The molecule has 0 saturated heterocycles. The molecular formula is C24H29ClF2N4O2S. The molecule has 2 aromatic rings. The van der Waals surface area contributed by atoms with E-state index < -0.39 is 23.9 Å². The molecule has 34 heavy (non-hydrogen) atoms. The lowest BCUT2D eigenvalue weighted by atomic mass is 9.97. The molecular weight excluding hydrogens is 482 g/mol. The molecule has 3 atom stereocenters. The number of carbonyl (C=O) groups excluding carboxylic acids is 2. The van der Waals surface area contributed by atoms with Crippen molar-refractivity contribution in [3.05, 3.63) is 44.9 Å². The Bertz CT molecular complexity index is 1060. The van der Waals surface area contributed by atoms with Crippen molar-refractivity contribution >= 4 is 40.4 Å². The molecule has 2 unspecified atom stereocenters. The molecule has 2 aliphatic carbocycles. The van der Waals surface area contributed by atoms with E-state index in [2.05, 4.69) is 20.9 Å². The van der Waals surface area contributed by atoms with E-state index in [4.69, 9.17) is 11.6 Å². The Labute approximate surface area is 206 Å². The first kappa shape index (κ1) is 24.9. The van der Waals surface area contributed by atoms with E-state index in [9.17, 15) is 18.4 Å². The van der Waals surface area contributed by atoms with Crippen LogP contribution in [0.5, 0.6) is 0 Å². The highest BCUT2D eigenvalue weighted by atomic mass is 35.5. The van der Waals surface area contributed by atoms with E-state index in [0.717, 1.165) is 41.9 Å². The fraction of sp³-hybridized carbons (Fsp3) is 0.542. The minimum absolute atomic E-state index is 0.0970. The van der Waals surface area contributed by atoms with Gasteiger partial charge in [0.05, 0.1) is 33.4 Å². The normalized spacial score (nSPS) is 21.0. The SMILES string of the molecule is Cc1ncc(Cl)cc1NC(C)c1ccc(C(=O)NC(CC2CCCC2)C(=O)N[C@@H]2CC2(F)F)s1. The van der Waals surface area contributed by atoms with Gasteiger partial charge in [-0.25, -0.2) is 8.78 Å². The average molecular weight is 511 g/mol. The van der Waals surface area contributed by atoms with E-state index >= 15 is 0 Å². The average Bonchev–Trinajstić information content (AvgIpc) is 3.22. The highest BCUT2D eigenvalue weighted by molar-refractivity contribution is 7.14. The maximum atomic E-state index is 13.3. The van der Waals surface area contributed by atoms with Gasteiger partial charge in [-0.3, -0.25) is 14.6 Å². The third-order valence-corrected chi connectivity index (χ3v) is 7.98. The number of nitrogens with zero attached hydrogens (tertiary/aromatic N) is 1. The summed E-state index contributed by atoms with van der Waals surface area (Å²) in [7, 11) is 0. The molecule has 2 aliphatic rings. The second-order valence-corrected chi connectivity index (χ2v) is 10.8. The molecule has 2 heterocycles. The third-order valence-electron chi connectivity index (χ3n) is 6.51. The van der Waals surface area contributed by atoms with Gasteiger partial charge in [-0.05, 0) is 44.4 Å². The zero-order valence-corrected chi connectivity index (χ0v) is 20.7. The first-order valence-electron chi connectivity index (χ1n) is 11.6. The molecule has 10 heteroatoms. The number of aromatic nitrogens is 1. The van der Waals surface area contributed by atoms with E-state index in [1.165, 1.54) is 11.3 Å². The van der Waals surface area contributed by atoms with Crippen molar-refractivity contribution in [3.63, 3.8) is 0 Å². The van der Waals surface area contributed by atoms with Gasteiger partial charge in [-0.1, -0.05) is 37.3 Å². The first-order chi connectivity index (χ1) is 16.1. The second-order valence-electron chi connectivity index (χ2n) is 9.29. The summed E-state index contributed by atoms with van der Waals surface area (Å²) in [6.07, 6.45) is 5.87. The van der Waals surface area contributed by atoms with Crippen molar-refractivity contribution in [1.82, 2.24) is 15.6 Å². The Hall–Kier alpha value is -2.26. The van der Waals surface area contributed by atoms with Gasteiger partial charge in [0, 0.05) is 17.5 Å². The molecule has 3 N–H and O–H groups in total. The predicted octanol–water partition coefficient (Wildman–Crippen LogP) is 5.48. The van der Waals surface area contributed by atoms with E-state index in [-0.39, 0.29) is 18.4 Å². The molecule has 4 rings (SSSR count). The van der Waals surface area contributed by atoms with Gasteiger partial charge in [-0.2, -0.15) is 0 Å². The Balaban J connectivity index is 1.40. The second kappa shape index (κ2) is 10.2. The molecule has 2 amide bonds. The van der Waals surface area contributed by atoms with Crippen LogP contribution in [0.25, 0.3) is 0 Å². The van der Waals surface area contributed by atoms with Crippen molar-refractivity contribution < 1.29 is 18.4 Å². The Morgan fingerprint density at radius 3 is 2.68 bits per heavy atom. The topological polar surface area (TPSA) is 83.1 Å². The van der Waals surface area contributed by atoms with Crippen LogP contribution in [-0.4, -0.2) is 34.8 Å². The van der Waals surface area contributed by atoms with Crippen LogP contribution in [0.15, 0.2) is 24.4 Å². The van der Waals surface area contributed by atoms with Crippen LogP contribution in [-0.2, 0) is 4.79 Å². The fourth-order valence-corrected chi connectivity index (χ4v) is 5.42. The zero-order chi connectivity index (χ0) is 24.5. The standard InChI is InChI=1S/C24H29ClF2N4O2S/c1-13-17(10-16(25)12-28-13)29-14(2)19-7-8-20(34-19)23(33)30-18(9-15-5-3-4-6-15)22(32)31-21-11-24(21,26)27/h7-8,10,12,14-15,18,21,29H,3-6,9,11H2,1-2H3,(H,30,33)(H,31,32)/t14?,18?,21-/m1/s1. The molecule has 0 aromatic carbocycles. The molecule has 0 aliphatic heterocycles. The lowest BCUT2D eigenvalue weighted by Crippen LogP contribution is -2.48. The summed E-state index contributed by atoms with van der Waals surface area (Å²) in [5.41, 5.74) is 1.62. The number of nitrogens with one attached hydrogen (secondary N) is 3. The monoisotopic (exact) mass is 510 g/mol. The van der Waals surface area contributed by atoms with Crippen LogP contribution in [0.1, 0.15) is 71.7 Å². The van der Waals surface area contributed by atoms with Crippen LogP contribution in [0.3, 0.4) is 0 Å². The molecule has 2 aromatic heterocycles. The maximum absolute atomic E-state index is 13.3. The van der Waals surface area contributed by atoms with Crippen molar-refractivity contribution in [3.8, 4) is 0 Å². The Kier molecular flexibility index (Phi) is 7.42. The molecule has 0 bridgehead atoms. The lowest BCUT2D eigenvalue weighted by molar-refractivity contribution is -0.124. The van der Waals surface area contributed by atoms with Crippen LogP contribution in [0, 0.1) is 12.8 Å². The molecule has 0 radical (unpaired) electrons. The summed E-state index contributed by atoms with van der Waals surface area (Å²) in [6.45, 7) is 3.85. The Morgan fingerprint density at radius 1 is 1.29 bits per heavy atom. The minimum Gasteiger partial charge on any atom is -0.376 e.